The molecule has 18 heavy (non-hydrogen) atoms. The van der Waals surface area contributed by atoms with Crippen LogP contribution in [0.4, 0.5) is 0 Å². The average Bonchev–Trinajstić information content (AvgIpc) is 1.43. The molecule has 18 heteroatoms. The molecule has 0 aromatic rings. The van der Waals surface area contributed by atoms with Crippen LogP contribution < -0.4 is 216 Å². The van der Waals surface area contributed by atoms with Gasteiger partial charge in [-0.05, 0) is 0 Å². The Hall–Kier alpha value is 6.68. The molecule has 0 atom stereocenters. The van der Waals surface area contributed by atoms with Crippen LogP contribution in [0.5, 0.6) is 0 Å². The van der Waals surface area contributed by atoms with E-state index < -0.39 is 23.5 Å². The van der Waals surface area contributed by atoms with E-state index in [9.17, 15) is 38.2 Å². The maximum absolute atomic E-state index is 10.1. The molecule has 0 aromatic carbocycles. The van der Waals surface area contributed by atoms with Crippen LogP contribution in [0.1, 0.15) is 0 Å². The van der Waals surface area contributed by atoms with Crippen molar-refractivity contribution < 1.29 is 238 Å². The number of hydrogen-bond acceptors (Lipinski definition) is 10. The predicted molar refractivity (Wildman–Crippen MR) is 25.0 cm³/mol. The Morgan fingerprint density at radius 3 is 0.889 bits per heavy atom. The van der Waals surface area contributed by atoms with Crippen molar-refractivity contribution in [1.82, 2.24) is 0 Å². The summed E-state index contributed by atoms with van der Waals surface area (Å²) in [5, 5.41) is 0. The van der Waals surface area contributed by atoms with Gasteiger partial charge in [-0.2, -0.15) is 0 Å². The van der Waals surface area contributed by atoms with Gasteiger partial charge in [-0.25, -0.2) is 0 Å². The molecular formula is K2Na3O10P3. The van der Waals surface area contributed by atoms with Crippen molar-refractivity contribution in [3.05, 3.63) is 0 Å². The second kappa shape index (κ2) is 17.1. The fraction of sp³-hybridized carbons (Fsp3) is 0. The molecule has 0 spiro atoms. The van der Waals surface area contributed by atoms with E-state index in [1.807, 2.05) is 0 Å². The van der Waals surface area contributed by atoms with Crippen molar-refractivity contribution in [1.29, 1.82) is 0 Å². The predicted octanol–water partition coefficient (Wildman–Crippen LogP) is -18.8. The Kier molecular flexibility index (Phi) is 37.7. The van der Waals surface area contributed by atoms with Gasteiger partial charge >= 0.3 is 191 Å². The first-order chi connectivity index (χ1) is 5.41. The maximum atomic E-state index is 10.1. The van der Waals surface area contributed by atoms with Crippen LogP contribution in [-0.2, 0) is 22.3 Å². The van der Waals surface area contributed by atoms with Crippen molar-refractivity contribution in [2.75, 3.05) is 0 Å². The Morgan fingerprint density at radius 2 is 0.778 bits per heavy atom. The number of rotatable bonds is 4. The zero-order valence-corrected chi connectivity index (χ0v) is 25.4. The first-order valence-electron chi connectivity index (χ1n) is 2.19. The zero-order chi connectivity index (χ0) is 10.9. The van der Waals surface area contributed by atoms with E-state index in [-0.39, 0.29) is 191 Å². The van der Waals surface area contributed by atoms with Gasteiger partial charge in [0.15, 0.2) is 0 Å². The van der Waals surface area contributed by atoms with Crippen LogP contribution >= 0.6 is 23.5 Å². The van der Waals surface area contributed by atoms with Crippen LogP contribution in [0, 0.1) is 0 Å². The smallest absolute Gasteiger partial charge is 0.790 e. The van der Waals surface area contributed by atoms with Gasteiger partial charge in [0.1, 0.15) is 0 Å². The first kappa shape index (κ1) is 39.7. The summed E-state index contributed by atoms with van der Waals surface area (Å²) in [6, 6.07) is 0. The molecule has 0 saturated carbocycles. The number of phosphoric acid groups is 3. The zero-order valence-electron chi connectivity index (χ0n) is 10.4. The second-order valence-electron chi connectivity index (χ2n) is 1.50. The molecule has 0 N–H and O–H groups in total. The molecule has 0 fully saturated rings. The quantitative estimate of drug-likeness (QED) is 0.324. The Labute approximate surface area is 254 Å². The van der Waals surface area contributed by atoms with Crippen molar-refractivity contribution in [3.63, 3.8) is 0 Å². The molecule has 0 aliphatic rings. The molecule has 0 radical (unpaired) electrons. The average molecular weight is 400 g/mol. The molecule has 0 unspecified atom stereocenters. The van der Waals surface area contributed by atoms with Gasteiger partial charge in [0.25, 0.3) is 7.82 Å². The first-order valence-corrected chi connectivity index (χ1v) is 6.57. The van der Waals surface area contributed by atoms with Crippen molar-refractivity contribution in [3.8, 4) is 0 Å². The molecule has 0 aliphatic carbocycles. The van der Waals surface area contributed by atoms with Crippen LogP contribution in [0.2, 0.25) is 0 Å². The normalized spacial score (nSPS) is 10.5. The fourth-order valence-electron chi connectivity index (χ4n) is 0.260. The summed E-state index contributed by atoms with van der Waals surface area (Å²) in [7, 11) is -17.9. The molecule has 10 nitrogen and oxygen atoms in total. The minimum Gasteiger partial charge on any atom is -0.790 e. The standard InChI is InChI=1S/2K.3Na.H5O10P3/c;;;;;1-11(2,3)9-13(7,8)10-12(4,5)6/h;;;;;(H,7,8)(H2,1,2,3)(H2,4,5,6)/q5*+1;/p-5. The molecule has 0 bridgehead atoms. The van der Waals surface area contributed by atoms with E-state index in [1.165, 1.54) is 0 Å². The SMILES string of the molecule is O=P([O-])([O-])OP(=O)([O-])OP(=O)([O-])[O-].[K+].[K+].[Na+].[Na+].[Na+]. The van der Waals surface area contributed by atoms with Gasteiger partial charge in [0, 0.05) is 0 Å². The van der Waals surface area contributed by atoms with Crippen molar-refractivity contribution in [2.24, 2.45) is 0 Å². The third-order valence-electron chi connectivity index (χ3n) is 0.400. The minimum absolute atomic E-state index is 0. The van der Waals surface area contributed by atoms with Gasteiger partial charge in [-0.1, -0.05) is 0 Å². The van der Waals surface area contributed by atoms with E-state index in [4.69, 9.17) is 0 Å². The summed E-state index contributed by atoms with van der Waals surface area (Å²) in [5.41, 5.74) is 0. The van der Waals surface area contributed by atoms with Gasteiger partial charge in [0.05, 0.1) is 15.6 Å². The van der Waals surface area contributed by atoms with E-state index in [2.05, 4.69) is 8.62 Å². The molecule has 0 amide bonds. The van der Waals surface area contributed by atoms with E-state index in [0.29, 0.717) is 0 Å². The molecule has 0 aliphatic heterocycles. The summed E-state index contributed by atoms with van der Waals surface area (Å²) in [6.07, 6.45) is 0. The second-order valence-corrected chi connectivity index (χ2v) is 5.49. The van der Waals surface area contributed by atoms with E-state index in [1.54, 1.807) is 0 Å². The van der Waals surface area contributed by atoms with Gasteiger partial charge in [-0.3, -0.25) is 13.2 Å². The monoisotopic (exact) mass is 400 g/mol. The summed E-state index contributed by atoms with van der Waals surface area (Å²) in [4.78, 5) is 48.6. The van der Waals surface area contributed by atoms with Crippen molar-refractivity contribution in [2.45, 2.75) is 0 Å². The van der Waals surface area contributed by atoms with Gasteiger partial charge in [-0.15, -0.1) is 0 Å². The summed E-state index contributed by atoms with van der Waals surface area (Å²) in [6.45, 7) is 0. The molecular weight excluding hydrogens is 400 g/mol. The third-order valence-corrected chi connectivity index (χ3v) is 3.60. The Balaban J connectivity index is -0.0000000720. The van der Waals surface area contributed by atoms with Gasteiger partial charge in [0.2, 0.25) is 0 Å². The molecule has 0 aromatic heterocycles. The third kappa shape index (κ3) is 30.6. The van der Waals surface area contributed by atoms with Crippen LogP contribution in [0.15, 0.2) is 0 Å². The topological polar surface area (TPSA) is 185 Å². The molecule has 0 saturated heterocycles. The summed E-state index contributed by atoms with van der Waals surface area (Å²) >= 11 is 0. The largest absolute Gasteiger partial charge is 1.00 e. The summed E-state index contributed by atoms with van der Waals surface area (Å²) < 4.78 is 34.7. The molecule has 0 rings (SSSR count). The van der Waals surface area contributed by atoms with Crippen LogP contribution in [0.3, 0.4) is 0 Å². The van der Waals surface area contributed by atoms with Crippen LogP contribution in [-0.4, -0.2) is 0 Å². The number of hydrogen-bond donors (Lipinski definition) is 0. The van der Waals surface area contributed by atoms with Crippen molar-refractivity contribution >= 4 is 23.5 Å². The Bertz CT molecular complexity index is 292. The van der Waals surface area contributed by atoms with Crippen LogP contribution in [0.25, 0.3) is 0 Å². The Morgan fingerprint density at radius 1 is 0.611 bits per heavy atom. The fourth-order valence-corrected chi connectivity index (χ4v) is 2.61. The van der Waals surface area contributed by atoms with E-state index >= 15 is 0 Å². The van der Waals surface area contributed by atoms with Gasteiger partial charge < -0.3 is 33.6 Å². The molecule has 80 valence electrons. The molecule has 0 heterocycles. The summed E-state index contributed by atoms with van der Waals surface area (Å²) in [5.74, 6) is 0. The maximum Gasteiger partial charge on any atom is 1.00 e. The minimum atomic E-state index is -5.97. The van der Waals surface area contributed by atoms with E-state index in [0.717, 1.165) is 0 Å².